The molecule has 0 aliphatic carbocycles. The highest BCUT2D eigenvalue weighted by molar-refractivity contribution is 9.10. The summed E-state index contributed by atoms with van der Waals surface area (Å²) in [6, 6.07) is 3.23. The molecule has 0 saturated carbocycles. The minimum Gasteiger partial charge on any atom is -0.481 e. The maximum Gasteiger partial charge on any atom is 0.305 e. The Labute approximate surface area is 119 Å². The quantitative estimate of drug-likeness (QED) is 0.903. The van der Waals surface area contributed by atoms with Crippen molar-refractivity contribution < 1.29 is 14.7 Å². The number of carboxylic acid groups (broad SMARTS) is 1. The van der Waals surface area contributed by atoms with Gasteiger partial charge in [0.25, 0.3) is 0 Å². The Hall–Kier alpha value is -1.56. The fraction of sp³-hybridized carbons (Fsp3) is 0.385. The first-order valence-corrected chi connectivity index (χ1v) is 6.64. The highest BCUT2D eigenvalue weighted by Gasteiger charge is 2.37. The summed E-state index contributed by atoms with van der Waals surface area (Å²) < 4.78 is 0.832. The molecule has 1 aromatic rings. The lowest BCUT2D eigenvalue weighted by Crippen LogP contribution is -2.51. The van der Waals surface area contributed by atoms with Gasteiger partial charge in [0, 0.05) is 18.6 Å². The zero-order valence-corrected chi connectivity index (χ0v) is 12.6. The summed E-state index contributed by atoms with van der Waals surface area (Å²) in [7, 11) is 3.42. The molecule has 1 aromatic carbocycles. The van der Waals surface area contributed by atoms with Crippen molar-refractivity contribution in [1.82, 2.24) is 0 Å². The Kier molecular flexibility index (Phi) is 3.54. The Morgan fingerprint density at radius 1 is 1.42 bits per heavy atom. The molecule has 2 rings (SSSR count). The van der Waals surface area contributed by atoms with Crippen molar-refractivity contribution in [1.29, 1.82) is 0 Å². The van der Waals surface area contributed by atoms with Crippen LogP contribution in [0.5, 0.6) is 0 Å². The van der Waals surface area contributed by atoms with Crippen molar-refractivity contribution in [3.8, 4) is 0 Å². The van der Waals surface area contributed by atoms with Crippen LogP contribution in [0.2, 0.25) is 0 Å². The Morgan fingerprint density at radius 2 is 2.05 bits per heavy atom. The van der Waals surface area contributed by atoms with E-state index in [0.29, 0.717) is 0 Å². The van der Waals surface area contributed by atoms with Crippen LogP contribution in [0.25, 0.3) is 0 Å². The molecule has 0 radical (unpaired) electrons. The molecule has 1 atom stereocenters. The Bertz CT molecular complexity index is 559. The molecule has 0 aromatic heterocycles. The van der Waals surface area contributed by atoms with E-state index in [2.05, 4.69) is 15.9 Å². The number of amides is 1. The predicted molar refractivity (Wildman–Crippen MR) is 76.7 cm³/mol. The Balaban J connectivity index is 2.55. The molecule has 1 heterocycles. The highest BCUT2D eigenvalue weighted by atomic mass is 79.9. The third-order valence-corrected chi connectivity index (χ3v) is 3.96. The normalized spacial score (nSPS) is 18.5. The zero-order chi connectivity index (χ0) is 14.3. The molecule has 5 nitrogen and oxygen atoms in total. The van der Waals surface area contributed by atoms with E-state index in [1.54, 1.807) is 19.0 Å². The van der Waals surface area contributed by atoms with Crippen molar-refractivity contribution >= 4 is 39.2 Å². The van der Waals surface area contributed by atoms with Gasteiger partial charge in [-0.1, -0.05) is 0 Å². The summed E-state index contributed by atoms with van der Waals surface area (Å²) in [5.41, 5.74) is 2.69. The molecule has 0 spiro atoms. The summed E-state index contributed by atoms with van der Waals surface area (Å²) >= 11 is 3.46. The van der Waals surface area contributed by atoms with Gasteiger partial charge in [0.1, 0.15) is 6.04 Å². The summed E-state index contributed by atoms with van der Waals surface area (Å²) in [4.78, 5) is 26.4. The van der Waals surface area contributed by atoms with E-state index >= 15 is 0 Å². The first-order chi connectivity index (χ1) is 8.82. The fourth-order valence-electron chi connectivity index (χ4n) is 2.37. The molecular formula is C13H15BrN2O3. The van der Waals surface area contributed by atoms with E-state index in [1.165, 1.54) is 4.90 Å². The minimum absolute atomic E-state index is 0.204. The van der Waals surface area contributed by atoms with Crippen LogP contribution in [-0.4, -0.2) is 37.1 Å². The molecule has 0 bridgehead atoms. The Morgan fingerprint density at radius 3 is 2.63 bits per heavy atom. The van der Waals surface area contributed by atoms with E-state index in [0.717, 1.165) is 21.4 Å². The molecular weight excluding hydrogens is 312 g/mol. The molecule has 0 fully saturated rings. The number of likely N-dealkylation sites (N-methyl/N-ethyl adjacent to an activating group) is 2. The fourth-order valence-corrected chi connectivity index (χ4v) is 3.20. The van der Waals surface area contributed by atoms with Gasteiger partial charge in [0.15, 0.2) is 0 Å². The lowest BCUT2D eigenvalue weighted by atomic mass is 10.0. The lowest BCUT2D eigenvalue weighted by molar-refractivity contribution is -0.139. The van der Waals surface area contributed by atoms with Crippen LogP contribution in [0, 0.1) is 6.92 Å². The number of carboxylic acids is 1. The molecule has 1 N–H and O–H groups in total. The number of aliphatic carboxylic acids is 1. The monoisotopic (exact) mass is 326 g/mol. The average Bonchev–Trinajstić information content (AvgIpc) is 2.30. The number of rotatable bonds is 2. The van der Waals surface area contributed by atoms with Gasteiger partial charge in [0.2, 0.25) is 5.91 Å². The van der Waals surface area contributed by atoms with Gasteiger partial charge in [-0.3, -0.25) is 9.59 Å². The van der Waals surface area contributed by atoms with Crippen LogP contribution < -0.4 is 9.80 Å². The van der Waals surface area contributed by atoms with Crippen LogP contribution in [0.1, 0.15) is 12.0 Å². The third kappa shape index (κ3) is 2.32. The zero-order valence-electron chi connectivity index (χ0n) is 11.0. The van der Waals surface area contributed by atoms with Gasteiger partial charge in [-0.25, -0.2) is 0 Å². The lowest BCUT2D eigenvalue weighted by Gasteiger charge is -2.39. The van der Waals surface area contributed by atoms with Crippen molar-refractivity contribution in [3.63, 3.8) is 0 Å². The summed E-state index contributed by atoms with van der Waals surface area (Å²) in [6.07, 6.45) is -0.204. The van der Waals surface area contributed by atoms with E-state index in [1.807, 2.05) is 19.1 Å². The maximum atomic E-state index is 12.3. The van der Waals surface area contributed by atoms with Crippen molar-refractivity contribution in [3.05, 3.63) is 22.2 Å². The van der Waals surface area contributed by atoms with E-state index < -0.39 is 12.0 Å². The molecule has 1 unspecified atom stereocenters. The molecule has 0 saturated heterocycles. The van der Waals surface area contributed by atoms with Crippen molar-refractivity contribution in [2.75, 3.05) is 23.9 Å². The third-order valence-electron chi connectivity index (χ3n) is 3.35. The molecule has 6 heteroatoms. The van der Waals surface area contributed by atoms with Gasteiger partial charge in [-0.2, -0.15) is 0 Å². The largest absolute Gasteiger partial charge is 0.481 e. The van der Waals surface area contributed by atoms with Crippen LogP contribution in [-0.2, 0) is 9.59 Å². The second kappa shape index (κ2) is 4.85. The molecule has 102 valence electrons. The SMILES string of the molecule is Cc1cc(Br)c2c(c1)N(C)C(CC(=O)O)C(=O)N2C. The van der Waals surface area contributed by atoms with Crippen molar-refractivity contribution in [2.24, 2.45) is 0 Å². The first-order valence-electron chi connectivity index (χ1n) is 5.85. The number of aryl methyl sites for hydroxylation is 1. The van der Waals surface area contributed by atoms with Gasteiger partial charge in [0.05, 0.1) is 17.8 Å². The van der Waals surface area contributed by atoms with Gasteiger partial charge >= 0.3 is 5.97 Å². The van der Waals surface area contributed by atoms with Crippen LogP contribution in [0.3, 0.4) is 0 Å². The number of benzene rings is 1. The number of carbonyl (C=O) groups is 2. The number of halogens is 1. The van der Waals surface area contributed by atoms with E-state index in [9.17, 15) is 9.59 Å². The maximum absolute atomic E-state index is 12.3. The standard InChI is InChI=1S/C13H15BrN2O3/c1-7-4-8(14)12-9(5-7)15(2)10(6-11(17)18)13(19)16(12)3/h4-5,10H,6H2,1-3H3,(H,17,18). The van der Waals surface area contributed by atoms with E-state index in [-0.39, 0.29) is 12.3 Å². The first kappa shape index (κ1) is 13.9. The topological polar surface area (TPSA) is 60.9 Å². The highest BCUT2D eigenvalue weighted by Crippen LogP contribution is 2.41. The number of hydrogen-bond acceptors (Lipinski definition) is 3. The number of carbonyl (C=O) groups excluding carboxylic acids is 1. The van der Waals surface area contributed by atoms with Crippen LogP contribution in [0.15, 0.2) is 16.6 Å². The van der Waals surface area contributed by atoms with Gasteiger partial charge < -0.3 is 14.9 Å². The molecule has 1 aliphatic rings. The smallest absolute Gasteiger partial charge is 0.305 e. The molecule has 1 amide bonds. The summed E-state index contributed by atoms with van der Waals surface area (Å²) in [6.45, 7) is 1.96. The molecule has 19 heavy (non-hydrogen) atoms. The van der Waals surface area contributed by atoms with Crippen LogP contribution in [0.4, 0.5) is 11.4 Å². The molecule has 1 aliphatic heterocycles. The summed E-state index contributed by atoms with van der Waals surface area (Å²) in [5.74, 6) is -1.18. The number of fused-ring (bicyclic) bond motifs is 1. The number of anilines is 2. The van der Waals surface area contributed by atoms with Crippen molar-refractivity contribution in [2.45, 2.75) is 19.4 Å². The second-order valence-electron chi connectivity index (χ2n) is 4.74. The number of nitrogens with zero attached hydrogens (tertiary/aromatic N) is 2. The summed E-state index contributed by atoms with van der Waals surface area (Å²) in [5, 5.41) is 8.94. The van der Waals surface area contributed by atoms with E-state index in [4.69, 9.17) is 5.11 Å². The van der Waals surface area contributed by atoms with Crippen LogP contribution >= 0.6 is 15.9 Å². The predicted octanol–water partition coefficient (Wildman–Crippen LogP) is 2.01. The van der Waals surface area contributed by atoms with Gasteiger partial charge in [-0.15, -0.1) is 0 Å². The minimum atomic E-state index is -0.978. The number of hydrogen-bond donors (Lipinski definition) is 1. The van der Waals surface area contributed by atoms with Gasteiger partial charge in [-0.05, 0) is 40.5 Å². The second-order valence-corrected chi connectivity index (χ2v) is 5.59. The average molecular weight is 327 g/mol.